The maximum atomic E-state index is 10.6. The van der Waals surface area contributed by atoms with E-state index in [1.165, 1.54) is 0 Å². The molecule has 1 heterocycles. The van der Waals surface area contributed by atoms with Crippen LogP contribution in [0, 0.1) is 0 Å². The van der Waals surface area contributed by atoms with Gasteiger partial charge in [0.05, 0.1) is 0 Å². The molecular weight excluding hydrogens is 208 g/mol. The molecule has 0 aromatic carbocycles. The number of nitrogens with zero attached hydrogens (tertiary/aromatic N) is 2. The van der Waals surface area contributed by atoms with Gasteiger partial charge in [-0.25, -0.2) is 8.42 Å². The number of carbonyl (C=O) groups is 1. The van der Waals surface area contributed by atoms with Crippen molar-refractivity contribution >= 4 is 28.1 Å². The number of azo groups is 1. The lowest BCUT2D eigenvalue weighted by Crippen LogP contribution is -2.05. The summed E-state index contributed by atoms with van der Waals surface area (Å²) in [6.45, 7) is 0. The molecule has 0 fully saturated rings. The average Bonchev–Trinajstić information content (AvgIpc) is 2.30. The summed E-state index contributed by atoms with van der Waals surface area (Å²) in [6, 6.07) is 0. The van der Waals surface area contributed by atoms with Crippen LogP contribution in [0.1, 0.15) is 0 Å². The van der Waals surface area contributed by atoms with Crippen molar-refractivity contribution in [3.8, 4) is 0 Å². The Morgan fingerprint density at radius 3 is 2.00 bits per heavy atom. The second-order valence-electron chi connectivity index (χ2n) is 1.64. The largest absolute Gasteiger partial charge is 0.309 e. The van der Waals surface area contributed by atoms with Crippen molar-refractivity contribution in [2.24, 2.45) is 10.2 Å². The fourth-order valence-corrected chi connectivity index (χ4v) is 1.70. The Kier molecular flexibility index (Phi) is 2.57. The van der Waals surface area contributed by atoms with Crippen LogP contribution < -0.4 is 0 Å². The molecular formula is C3H2N2O5S2. The van der Waals surface area contributed by atoms with Crippen molar-refractivity contribution in [2.75, 3.05) is 0 Å². The molecule has 1 rings (SSSR count). The van der Waals surface area contributed by atoms with Crippen molar-refractivity contribution in [3.63, 3.8) is 0 Å². The summed E-state index contributed by atoms with van der Waals surface area (Å²) in [6.07, 6.45) is 0. The van der Waals surface area contributed by atoms with Crippen LogP contribution in [0.25, 0.3) is 0 Å². The summed E-state index contributed by atoms with van der Waals surface area (Å²) in [5.74, 6) is -1.06. The van der Waals surface area contributed by atoms with Gasteiger partial charge in [0.1, 0.15) is 0 Å². The summed E-state index contributed by atoms with van der Waals surface area (Å²) in [5.41, 5.74) is 0. The van der Waals surface area contributed by atoms with Crippen LogP contribution >= 0.6 is 0 Å². The van der Waals surface area contributed by atoms with Gasteiger partial charge in [-0.05, 0) is 0 Å². The molecule has 1 amide bonds. The van der Waals surface area contributed by atoms with Crippen LogP contribution in [0.4, 0.5) is 0 Å². The minimum absolute atomic E-state index is 0.666. The van der Waals surface area contributed by atoms with E-state index < -0.39 is 38.0 Å². The van der Waals surface area contributed by atoms with Crippen LogP contribution in [-0.2, 0) is 27.0 Å². The number of hydrogen-bond donors (Lipinski definition) is 2. The normalized spacial score (nSPS) is 21.7. The van der Waals surface area contributed by atoms with Crippen molar-refractivity contribution < 1.29 is 22.3 Å². The monoisotopic (exact) mass is 210 g/mol. The van der Waals surface area contributed by atoms with Crippen molar-refractivity contribution in [2.45, 2.75) is 0 Å². The first-order chi connectivity index (χ1) is 5.54. The Morgan fingerprint density at radius 1 is 1.08 bits per heavy atom. The van der Waals surface area contributed by atoms with Crippen LogP contribution in [0.2, 0.25) is 0 Å². The van der Waals surface area contributed by atoms with Gasteiger partial charge >= 0.3 is 5.91 Å². The predicted octanol–water partition coefficient (Wildman–Crippen LogP) is -0.409. The van der Waals surface area contributed by atoms with Gasteiger partial charge in [-0.15, -0.1) is 10.2 Å². The number of hydrogen-bond acceptors (Lipinski definition) is 4. The maximum Gasteiger partial charge on any atom is 0.309 e. The third-order valence-electron chi connectivity index (χ3n) is 0.960. The molecule has 12 heavy (non-hydrogen) atoms. The first-order valence-corrected chi connectivity index (χ1v) is 4.67. The van der Waals surface area contributed by atoms with Crippen molar-refractivity contribution in [1.82, 2.24) is 0 Å². The Balaban J connectivity index is 3.22. The number of rotatable bonds is 2. The van der Waals surface area contributed by atoms with E-state index in [2.05, 4.69) is 10.2 Å². The molecule has 1 aliphatic heterocycles. The molecule has 2 unspecified atom stereocenters. The van der Waals surface area contributed by atoms with Gasteiger partial charge in [-0.1, -0.05) is 0 Å². The van der Waals surface area contributed by atoms with E-state index >= 15 is 0 Å². The summed E-state index contributed by atoms with van der Waals surface area (Å²) in [5, 5.41) is 5.15. The molecule has 2 atom stereocenters. The molecule has 0 aliphatic carbocycles. The fourth-order valence-electron chi connectivity index (χ4n) is 0.537. The second-order valence-corrected chi connectivity index (χ2v) is 3.43. The Morgan fingerprint density at radius 2 is 1.67 bits per heavy atom. The highest BCUT2D eigenvalue weighted by Crippen LogP contribution is 2.20. The summed E-state index contributed by atoms with van der Waals surface area (Å²) in [7, 11) is 0. The summed E-state index contributed by atoms with van der Waals surface area (Å²) < 4.78 is 37.7. The number of carbonyl (C=O) groups excluding carboxylic acids is 1. The van der Waals surface area contributed by atoms with Gasteiger partial charge in [0.15, 0.2) is 16.0 Å². The third-order valence-corrected chi connectivity index (χ3v) is 2.42. The van der Waals surface area contributed by atoms with E-state index in [0.717, 1.165) is 0 Å². The second kappa shape index (κ2) is 3.31. The topological polar surface area (TPSA) is 116 Å². The van der Waals surface area contributed by atoms with E-state index in [1.54, 1.807) is 0 Å². The fraction of sp³-hybridized carbons (Fsp3) is 0. The van der Waals surface area contributed by atoms with Gasteiger partial charge in [0, 0.05) is 0 Å². The lowest BCUT2D eigenvalue weighted by molar-refractivity contribution is -0.113. The van der Waals surface area contributed by atoms with Crippen LogP contribution in [0.15, 0.2) is 20.2 Å². The molecule has 7 nitrogen and oxygen atoms in total. The van der Waals surface area contributed by atoms with E-state index in [4.69, 9.17) is 9.11 Å². The average molecular weight is 210 g/mol. The predicted molar refractivity (Wildman–Crippen MR) is 38.4 cm³/mol. The minimum atomic E-state index is -2.63. The van der Waals surface area contributed by atoms with E-state index in [1.807, 2.05) is 0 Å². The van der Waals surface area contributed by atoms with E-state index in [-0.39, 0.29) is 0 Å². The van der Waals surface area contributed by atoms with Gasteiger partial charge < -0.3 is 9.11 Å². The maximum absolute atomic E-state index is 10.6. The zero-order valence-electron chi connectivity index (χ0n) is 5.33. The first kappa shape index (κ1) is 9.32. The van der Waals surface area contributed by atoms with Gasteiger partial charge in [0.25, 0.3) is 0 Å². The molecule has 0 bridgehead atoms. The van der Waals surface area contributed by atoms with Crippen LogP contribution in [0.3, 0.4) is 0 Å². The quantitative estimate of drug-likeness (QED) is 0.601. The molecule has 66 valence electrons. The molecule has 0 radical (unpaired) electrons. The molecule has 0 aromatic heterocycles. The highest BCUT2D eigenvalue weighted by molar-refractivity contribution is 7.88. The van der Waals surface area contributed by atoms with Gasteiger partial charge in [-0.3, -0.25) is 4.79 Å². The highest BCUT2D eigenvalue weighted by Gasteiger charge is 2.29. The summed E-state index contributed by atoms with van der Waals surface area (Å²) in [4.78, 5) is 9.87. The Hall–Kier alpha value is -0.770. The van der Waals surface area contributed by atoms with Crippen LogP contribution in [-0.4, -0.2) is 23.4 Å². The molecule has 0 saturated heterocycles. The standard InChI is InChI=1S/C3H2N2O5S2/c6-2-1(11(7)8)3(5-4-2)12(9)10/h(H,7,8)(H,9,10). The minimum Gasteiger partial charge on any atom is -0.302 e. The summed E-state index contributed by atoms with van der Waals surface area (Å²) >= 11 is -5.20. The van der Waals surface area contributed by atoms with E-state index in [0.29, 0.717) is 0 Å². The Bertz CT molecular complexity index is 329. The molecule has 0 saturated carbocycles. The Labute approximate surface area is 71.1 Å². The highest BCUT2D eigenvalue weighted by atomic mass is 32.2. The smallest absolute Gasteiger partial charge is 0.302 e. The third kappa shape index (κ3) is 1.53. The number of amides is 1. The zero-order chi connectivity index (χ0) is 9.30. The lowest BCUT2D eigenvalue weighted by Gasteiger charge is -1.91. The van der Waals surface area contributed by atoms with Gasteiger partial charge in [0.2, 0.25) is 16.1 Å². The van der Waals surface area contributed by atoms with Crippen LogP contribution in [0.5, 0.6) is 0 Å². The molecule has 0 aromatic rings. The van der Waals surface area contributed by atoms with E-state index in [9.17, 15) is 13.2 Å². The van der Waals surface area contributed by atoms with Gasteiger partial charge in [-0.2, -0.15) is 0 Å². The zero-order valence-corrected chi connectivity index (χ0v) is 6.96. The molecule has 9 heteroatoms. The molecule has 2 N–H and O–H groups in total. The van der Waals surface area contributed by atoms with Crippen molar-refractivity contribution in [3.05, 3.63) is 9.93 Å². The SMILES string of the molecule is O=C1N=NC(S(=O)O)=C1S(=O)O. The lowest BCUT2D eigenvalue weighted by atomic mass is 10.6. The first-order valence-electron chi connectivity index (χ1n) is 2.46. The molecule has 0 spiro atoms. The molecule has 1 aliphatic rings. The van der Waals surface area contributed by atoms with Crippen molar-refractivity contribution in [1.29, 1.82) is 0 Å².